The number of hydrogen-bond acceptors (Lipinski definition) is 4. The largest absolute Gasteiger partial charge is 0.480 e. The zero-order valence-corrected chi connectivity index (χ0v) is 12.0. The summed E-state index contributed by atoms with van der Waals surface area (Å²) in [5.41, 5.74) is 5.16. The van der Waals surface area contributed by atoms with Gasteiger partial charge in [-0.3, -0.25) is 9.59 Å². The van der Waals surface area contributed by atoms with Gasteiger partial charge in [0.25, 0.3) is 0 Å². The molecule has 0 bridgehead atoms. The molecule has 0 saturated heterocycles. The Morgan fingerprint density at radius 1 is 1.43 bits per heavy atom. The van der Waals surface area contributed by atoms with Gasteiger partial charge in [-0.2, -0.15) is 4.72 Å². The maximum absolute atomic E-state index is 13.4. The highest BCUT2D eigenvalue weighted by Gasteiger charge is 2.26. The molecule has 0 saturated carbocycles. The first kappa shape index (κ1) is 17.1. The number of carbonyl (C=O) groups excluding carboxylic acids is 1. The maximum Gasteiger partial charge on any atom is 0.321 e. The van der Waals surface area contributed by atoms with Gasteiger partial charge in [-0.1, -0.05) is 6.07 Å². The number of aliphatic carboxylic acids is 1. The number of sulfonamides is 1. The summed E-state index contributed by atoms with van der Waals surface area (Å²) in [6.45, 7) is 1.46. The molecule has 0 aliphatic rings. The van der Waals surface area contributed by atoms with Crippen molar-refractivity contribution in [2.45, 2.75) is 30.7 Å². The number of carbonyl (C=O) groups is 2. The van der Waals surface area contributed by atoms with Crippen molar-refractivity contribution >= 4 is 21.9 Å². The van der Waals surface area contributed by atoms with Crippen LogP contribution in [-0.4, -0.2) is 31.4 Å². The standard InChI is InChI=1S/C12H15FN2O5S/c1-7-2-3-8(6-9(7)13)21(19,20)15-10(12(17)18)4-5-11(14)16/h2-3,6,10,15H,4-5H2,1H3,(H2,14,16)(H,17,18)/t10-/m1/s1. The number of carboxylic acids is 1. The summed E-state index contributed by atoms with van der Waals surface area (Å²) in [6, 6.07) is 1.70. The molecule has 0 fully saturated rings. The van der Waals surface area contributed by atoms with Crippen LogP contribution in [0.4, 0.5) is 4.39 Å². The van der Waals surface area contributed by atoms with Crippen LogP contribution in [0.15, 0.2) is 23.1 Å². The summed E-state index contributed by atoms with van der Waals surface area (Å²) in [5.74, 6) is -2.92. The van der Waals surface area contributed by atoms with Crippen molar-refractivity contribution in [1.29, 1.82) is 0 Å². The predicted octanol–water partition coefficient (Wildman–Crippen LogP) is 0.131. The van der Waals surface area contributed by atoms with Gasteiger partial charge in [-0.05, 0) is 31.0 Å². The Hall–Kier alpha value is -2.00. The predicted molar refractivity (Wildman–Crippen MR) is 71.3 cm³/mol. The summed E-state index contributed by atoms with van der Waals surface area (Å²) in [6.07, 6.45) is -0.583. The van der Waals surface area contributed by atoms with Gasteiger partial charge < -0.3 is 10.8 Å². The van der Waals surface area contributed by atoms with Crippen LogP contribution in [-0.2, 0) is 19.6 Å². The van der Waals surface area contributed by atoms with Crippen LogP contribution in [0.5, 0.6) is 0 Å². The first-order valence-corrected chi connectivity index (χ1v) is 7.41. The maximum atomic E-state index is 13.4. The van der Waals surface area contributed by atoms with Crippen molar-refractivity contribution in [3.63, 3.8) is 0 Å². The number of aryl methyl sites for hydroxylation is 1. The molecule has 1 amide bonds. The molecule has 1 aromatic carbocycles. The van der Waals surface area contributed by atoms with Crippen LogP contribution in [0.2, 0.25) is 0 Å². The van der Waals surface area contributed by atoms with Crippen LogP contribution in [0.3, 0.4) is 0 Å². The summed E-state index contributed by atoms with van der Waals surface area (Å²) in [5, 5.41) is 8.94. The minimum absolute atomic E-state index is 0.262. The third kappa shape index (κ3) is 4.80. The van der Waals surface area contributed by atoms with Crippen molar-refractivity contribution in [2.75, 3.05) is 0 Å². The Kier molecular flexibility index (Phi) is 5.39. The second-order valence-corrected chi connectivity index (χ2v) is 6.14. The van der Waals surface area contributed by atoms with Gasteiger partial charge in [0.2, 0.25) is 15.9 Å². The topological polar surface area (TPSA) is 127 Å². The van der Waals surface area contributed by atoms with E-state index < -0.39 is 38.7 Å². The zero-order chi connectivity index (χ0) is 16.2. The molecule has 7 nitrogen and oxygen atoms in total. The quantitative estimate of drug-likeness (QED) is 0.658. The Morgan fingerprint density at radius 2 is 2.05 bits per heavy atom. The van der Waals surface area contributed by atoms with E-state index in [1.165, 1.54) is 13.0 Å². The number of halogens is 1. The van der Waals surface area contributed by atoms with Crippen LogP contribution >= 0.6 is 0 Å². The molecule has 0 aliphatic heterocycles. The van der Waals surface area contributed by atoms with Crippen LogP contribution in [0.25, 0.3) is 0 Å². The first-order valence-electron chi connectivity index (χ1n) is 5.93. The van der Waals surface area contributed by atoms with Crippen molar-refractivity contribution in [1.82, 2.24) is 4.72 Å². The fourth-order valence-corrected chi connectivity index (χ4v) is 2.75. The molecule has 0 aliphatic carbocycles. The lowest BCUT2D eigenvalue weighted by atomic mass is 10.2. The lowest BCUT2D eigenvalue weighted by molar-refractivity contribution is -0.139. The van der Waals surface area contributed by atoms with E-state index >= 15 is 0 Å². The summed E-state index contributed by atoms with van der Waals surface area (Å²) < 4.78 is 39.3. The number of primary amides is 1. The third-order valence-electron chi connectivity index (χ3n) is 2.73. The van der Waals surface area contributed by atoms with Crippen LogP contribution in [0.1, 0.15) is 18.4 Å². The number of amides is 1. The van der Waals surface area contributed by atoms with Gasteiger partial charge in [0, 0.05) is 6.42 Å². The molecule has 1 rings (SSSR count). The van der Waals surface area contributed by atoms with E-state index in [4.69, 9.17) is 10.8 Å². The zero-order valence-electron chi connectivity index (χ0n) is 11.2. The lowest BCUT2D eigenvalue weighted by Crippen LogP contribution is -2.41. The molecule has 0 radical (unpaired) electrons. The highest BCUT2D eigenvalue weighted by Crippen LogP contribution is 2.15. The molecular weight excluding hydrogens is 303 g/mol. The monoisotopic (exact) mass is 318 g/mol. The highest BCUT2D eigenvalue weighted by molar-refractivity contribution is 7.89. The van der Waals surface area contributed by atoms with E-state index in [0.717, 1.165) is 12.1 Å². The van der Waals surface area contributed by atoms with Crippen molar-refractivity contribution in [3.8, 4) is 0 Å². The number of carboxylic acid groups (broad SMARTS) is 1. The lowest BCUT2D eigenvalue weighted by Gasteiger charge is -2.14. The number of benzene rings is 1. The molecule has 9 heteroatoms. The van der Waals surface area contributed by atoms with Gasteiger partial charge >= 0.3 is 5.97 Å². The van der Waals surface area contributed by atoms with Gasteiger partial charge in [0.1, 0.15) is 11.9 Å². The average Bonchev–Trinajstić information content (AvgIpc) is 2.37. The van der Waals surface area contributed by atoms with Gasteiger partial charge in [0.15, 0.2) is 0 Å². The second kappa shape index (κ2) is 6.64. The molecule has 1 atom stereocenters. The minimum Gasteiger partial charge on any atom is -0.480 e. The van der Waals surface area contributed by atoms with E-state index in [9.17, 15) is 22.4 Å². The van der Waals surface area contributed by atoms with Gasteiger partial charge in [-0.15, -0.1) is 0 Å². The molecule has 0 heterocycles. The summed E-state index contributed by atoms with van der Waals surface area (Å²) >= 11 is 0. The normalized spacial score (nSPS) is 12.9. The van der Waals surface area contributed by atoms with Crippen LogP contribution in [0, 0.1) is 12.7 Å². The number of nitrogens with two attached hydrogens (primary N) is 1. The third-order valence-corrected chi connectivity index (χ3v) is 4.20. The van der Waals surface area contributed by atoms with Crippen LogP contribution < -0.4 is 10.5 Å². The number of nitrogens with one attached hydrogen (secondary N) is 1. The van der Waals surface area contributed by atoms with E-state index in [0.29, 0.717) is 0 Å². The van der Waals surface area contributed by atoms with Crippen molar-refractivity contribution in [2.24, 2.45) is 5.73 Å². The highest BCUT2D eigenvalue weighted by atomic mass is 32.2. The fourth-order valence-electron chi connectivity index (χ4n) is 1.52. The number of hydrogen-bond donors (Lipinski definition) is 3. The average molecular weight is 318 g/mol. The van der Waals surface area contributed by atoms with Gasteiger partial charge in [-0.25, -0.2) is 12.8 Å². The Bertz CT molecular complexity index is 660. The molecular formula is C12H15FN2O5S. The van der Waals surface area contributed by atoms with Crippen molar-refractivity contribution < 1.29 is 27.5 Å². The fraction of sp³-hybridized carbons (Fsp3) is 0.333. The van der Waals surface area contributed by atoms with Crippen molar-refractivity contribution in [3.05, 3.63) is 29.6 Å². The minimum atomic E-state index is -4.21. The molecule has 21 heavy (non-hydrogen) atoms. The molecule has 0 spiro atoms. The van der Waals surface area contributed by atoms with E-state index in [1.54, 1.807) is 0 Å². The number of rotatable bonds is 7. The smallest absolute Gasteiger partial charge is 0.321 e. The van der Waals surface area contributed by atoms with Gasteiger partial charge in [0.05, 0.1) is 4.90 Å². The molecule has 116 valence electrons. The Balaban J connectivity index is 2.97. The summed E-state index contributed by atoms with van der Waals surface area (Å²) in [4.78, 5) is 21.2. The molecule has 4 N–H and O–H groups in total. The Morgan fingerprint density at radius 3 is 2.52 bits per heavy atom. The van der Waals surface area contributed by atoms with E-state index in [-0.39, 0.29) is 18.4 Å². The second-order valence-electron chi connectivity index (χ2n) is 4.43. The SMILES string of the molecule is Cc1ccc(S(=O)(=O)N[C@H](CCC(N)=O)C(=O)O)cc1F. The van der Waals surface area contributed by atoms with E-state index in [1.807, 2.05) is 4.72 Å². The molecule has 0 aromatic heterocycles. The first-order chi connectivity index (χ1) is 9.63. The summed E-state index contributed by atoms with van der Waals surface area (Å²) in [7, 11) is -4.21. The van der Waals surface area contributed by atoms with E-state index in [2.05, 4.69) is 0 Å². The Labute approximate surface area is 121 Å². The molecule has 0 unspecified atom stereocenters. The molecule has 1 aromatic rings.